The first-order chi connectivity index (χ1) is 7.65. The minimum Gasteiger partial charge on any atom is -0.353 e. The Balaban J connectivity index is 0.00000256. The molecule has 0 aromatic rings. The van der Waals surface area contributed by atoms with Crippen molar-refractivity contribution in [3.8, 4) is 0 Å². The Morgan fingerprint density at radius 1 is 1.41 bits per heavy atom. The lowest BCUT2D eigenvalue weighted by Crippen LogP contribution is -2.46. The Hall–Kier alpha value is -0.320. The maximum absolute atomic E-state index is 11.7. The first-order valence-corrected chi connectivity index (χ1v) is 6.34. The van der Waals surface area contributed by atoms with Crippen molar-refractivity contribution in [3.63, 3.8) is 0 Å². The minimum absolute atomic E-state index is 0. The van der Waals surface area contributed by atoms with Crippen LogP contribution >= 0.6 is 12.4 Å². The van der Waals surface area contributed by atoms with Gasteiger partial charge in [0.25, 0.3) is 0 Å². The topological polar surface area (TPSA) is 44.4 Å². The third-order valence-corrected chi connectivity index (χ3v) is 3.38. The molecule has 1 saturated heterocycles. The first-order valence-electron chi connectivity index (χ1n) is 6.34. The number of amides is 1. The number of carbonyl (C=O) groups is 1. The minimum atomic E-state index is 0. The molecule has 1 fully saturated rings. The Morgan fingerprint density at radius 2 is 2.00 bits per heavy atom. The number of hydrogen-bond donors (Lipinski definition) is 2. The number of rotatable bonds is 5. The van der Waals surface area contributed by atoms with Crippen molar-refractivity contribution in [1.82, 2.24) is 15.5 Å². The lowest BCUT2D eigenvalue weighted by molar-refractivity contribution is -0.123. The molecule has 5 heteroatoms. The molecule has 1 heterocycles. The van der Waals surface area contributed by atoms with E-state index < -0.39 is 0 Å². The van der Waals surface area contributed by atoms with Crippen LogP contribution in [0.5, 0.6) is 0 Å². The van der Waals surface area contributed by atoms with Gasteiger partial charge in [-0.1, -0.05) is 6.92 Å². The molecular formula is C12H26ClN3O. The summed E-state index contributed by atoms with van der Waals surface area (Å²) in [5.74, 6) is 0.164. The van der Waals surface area contributed by atoms with Gasteiger partial charge in [0.1, 0.15) is 0 Å². The normalized spacial score (nSPS) is 19.5. The molecule has 0 saturated carbocycles. The second-order valence-electron chi connectivity index (χ2n) is 4.72. The smallest absolute Gasteiger partial charge is 0.234 e. The standard InChI is InChI=1S/C12H25N3O.ClH/c1-4-10(2)14-12(16)9-15-7-5-11(13-3)6-8-15;/h10-11,13H,4-9H2,1-3H3,(H,14,16);1H. The second-order valence-corrected chi connectivity index (χ2v) is 4.72. The van der Waals surface area contributed by atoms with Crippen LogP contribution in [0.3, 0.4) is 0 Å². The molecule has 4 nitrogen and oxygen atoms in total. The summed E-state index contributed by atoms with van der Waals surface area (Å²) >= 11 is 0. The van der Waals surface area contributed by atoms with Crippen molar-refractivity contribution in [1.29, 1.82) is 0 Å². The van der Waals surface area contributed by atoms with E-state index >= 15 is 0 Å². The lowest BCUT2D eigenvalue weighted by Gasteiger charge is -2.31. The summed E-state index contributed by atoms with van der Waals surface area (Å²) in [5.41, 5.74) is 0. The lowest BCUT2D eigenvalue weighted by atomic mass is 10.1. The zero-order chi connectivity index (χ0) is 12.0. The molecule has 0 spiro atoms. The van der Waals surface area contributed by atoms with Crippen molar-refractivity contribution < 1.29 is 4.79 Å². The Bertz CT molecular complexity index is 218. The van der Waals surface area contributed by atoms with Gasteiger partial charge in [-0.2, -0.15) is 0 Å². The Morgan fingerprint density at radius 3 is 2.47 bits per heavy atom. The van der Waals surface area contributed by atoms with Crippen LogP contribution in [0.1, 0.15) is 33.1 Å². The highest BCUT2D eigenvalue weighted by molar-refractivity contribution is 5.85. The number of nitrogens with one attached hydrogen (secondary N) is 2. The van der Waals surface area contributed by atoms with Gasteiger partial charge in [0.2, 0.25) is 5.91 Å². The van der Waals surface area contributed by atoms with E-state index in [0.29, 0.717) is 18.6 Å². The Kier molecular flexibility index (Phi) is 8.56. The molecule has 1 rings (SSSR count). The third kappa shape index (κ3) is 6.24. The summed E-state index contributed by atoms with van der Waals surface area (Å²) in [6.45, 7) is 6.74. The highest BCUT2D eigenvalue weighted by Gasteiger charge is 2.19. The fourth-order valence-electron chi connectivity index (χ4n) is 2.01. The summed E-state index contributed by atoms with van der Waals surface area (Å²) < 4.78 is 0. The van der Waals surface area contributed by atoms with Crippen LogP contribution in [0.15, 0.2) is 0 Å². The highest BCUT2D eigenvalue weighted by atomic mass is 35.5. The zero-order valence-corrected chi connectivity index (χ0v) is 12.0. The van der Waals surface area contributed by atoms with Gasteiger partial charge in [-0.05, 0) is 33.2 Å². The average molecular weight is 264 g/mol. The number of halogens is 1. The number of carbonyl (C=O) groups excluding carboxylic acids is 1. The highest BCUT2D eigenvalue weighted by Crippen LogP contribution is 2.09. The molecule has 1 aliphatic heterocycles. The molecule has 1 atom stereocenters. The van der Waals surface area contributed by atoms with Crippen LogP contribution in [0.25, 0.3) is 0 Å². The fourth-order valence-corrected chi connectivity index (χ4v) is 2.01. The summed E-state index contributed by atoms with van der Waals surface area (Å²) in [6.07, 6.45) is 3.29. The molecule has 1 amide bonds. The molecule has 2 N–H and O–H groups in total. The van der Waals surface area contributed by atoms with E-state index in [1.165, 1.54) is 0 Å². The summed E-state index contributed by atoms with van der Waals surface area (Å²) in [4.78, 5) is 13.9. The van der Waals surface area contributed by atoms with Crippen molar-refractivity contribution in [3.05, 3.63) is 0 Å². The molecule has 1 unspecified atom stereocenters. The van der Waals surface area contributed by atoms with Crippen LogP contribution in [0.4, 0.5) is 0 Å². The maximum atomic E-state index is 11.7. The Labute approximate surface area is 111 Å². The number of likely N-dealkylation sites (tertiary alicyclic amines) is 1. The summed E-state index contributed by atoms with van der Waals surface area (Å²) in [5, 5.41) is 6.30. The van der Waals surface area contributed by atoms with Gasteiger partial charge in [-0.3, -0.25) is 9.69 Å². The van der Waals surface area contributed by atoms with E-state index in [9.17, 15) is 4.79 Å². The van der Waals surface area contributed by atoms with Crippen LogP contribution in [0, 0.1) is 0 Å². The van der Waals surface area contributed by atoms with Crippen LogP contribution in [-0.2, 0) is 4.79 Å². The fraction of sp³-hybridized carbons (Fsp3) is 0.917. The predicted octanol–water partition coefficient (Wildman–Crippen LogP) is 1.01. The van der Waals surface area contributed by atoms with Gasteiger partial charge in [0, 0.05) is 25.2 Å². The molecule has 17 heavy (non-hydrogen) atoms. The van der Waals surface area contributed by atoms with Gasteiger partial charge in [-0.25, -0.2) is 0 Å². The van der Waals surface area contributed by atoms with Gasteiger partial charge in [0.05, 0.1) is 6.54 Å². The average Bonchev–Trinajstić information content (AvgIpc) is 2.29. The van der Waals surface area contributed by atoms with Gasteiger partial charge in [0.15, 0.2) is 0 Å². The van der Waals surface area contributed by atoms with Crippen molar-refractivity contribution >= 4 is 18.3 Å². The van der Waals surface area contributed by atoms with Crippen LogP contribution in [0.2, 0.25) is 0 Å². The summed E-state index contributed by atoms with van der Waals surface area (Å²) in [7, 11) is 2.01. The first kappa shape index (κ1) is 16.7. The van der Waals surface area contributed by atoms with E-state index in [2.05, 4.69) is 22.5 Å². The molecule has 102 valence electrons. The molecule has 0 radical (unpaired) electrons. The zero-order valence-electron chi connectivity index (χ0n) is 11.2. The third-order valence-electron chi connectivity index (χ3n) is 3.38. The molecular weight excluding hydrogens is 238 g/mol. The number of nitrogens with zero attached hydrogens (tertiary/aromatic N) is 1. The van der Waals surface area contributed by atoms with Crippen LogP contribution in [-0.4, -0.2) is 49.6 Å². The van der Waals surface area contributed by atoms with Crippen LogP contribution < -0.4 is 10.6 Å². The van der Waals surface area contributed by atoms with Gasteiger partial charge < -0.3 is 10.6 Å². The van der Waals surface area contributed by atoms with Crippen molar-refractivity contribution in [2.24, 2.45) is 0 Å². The largest absolute Gasteiger partial charge is 0.353 e. The number of hydrogen-bond acceptors (Lipinski definition) is 3. The van der Waals surface area contributed by atoms with Gasteiger partial charge in [-0.15, -0.1) is 12.4 Å². The van der Waals surface area contributed by atoms with E-state index in [4.69, 9.17) is 0 Å². The SMILES string of the molecule is CCC(C)NC(=O)CN1CCC(NC)CC1.Cl. The maximum Gasteiger partial charge on any atom is 0.234 e. The second kappa shape index (κ2) is 8.72. The molecule has 0 aromatic carbocycles. The predicted molar refractivity (Wildman–Crippen MR) is 73.7 cm³/mol. The molecule has 1 aliphatic rings. The van der Waals surface area contributed by atoms with E-state index in [1.54, 1.807) is 0 Å². The van der Waals surface area contributed by atoms with Crippen molar-refractivity contribution in [2.45, 2.75) is 45.2 Å². The quantitative estimate of drug-likeness (QED) is 0.778. The van der Waals surface area contributed by atoms with E-state index in [-0.39, 0.29) is 18.3 Å². The molecule has 0 aromatic heterocycles. The van der Waals surface area contributed by atoms with Gasteiger partial charge >= 0.3 is 0 Å². The monoisotopic (exact) mass is 263 g/mol. The van der Waals surface area contributed by atoms with E-state index in [0.717, 1.165) is 32.4 Å². The van der Waals surface area contributed by atoms with E-state index in [1.807, 2.05) is 14.0 Å². The number of piperidine rings is 1. The van der Waals surface area contributed by atoms with Crippen molar-refractivity contribution in [2.75, 3.05) is 26.7 Å². The summed E-state index contributed by atoms with van der Waals surface area (Å²) in [6, 6.07) is 0.927. The molecule has 0 bridgehead atoms. The molecule has 0 aliphatic carbocycles.